The molecule has 33 heavy (non-hydrogen) atoms. The number of carbonyl (C=O) groups excluding carboxylic acids is 2. The molecule has 0 spiro atoms. The van der Waals surface area contributed by atoms with Gasteiger partial charge in [-0.15, -0.1) is 0 Å². The first-order chi connectivity index (χ1) is 15.9. The topological polar surface area (TPSA) is 81.0 Å². The zero-order valence-electron chi connectivity index (χ0n) is 19.3. The van der Waals surface area contributed by atoms with E-state index in [0.717, 1.165) is 22.0 Å². The van der Waals surface area contributed by atoms with Crippen LogP contribution < -0.4 is 4.74 Å². The summed E-state index contributed by atoms with van der Waals surface area (Å²) in [6, 6.07) is 12.5. The van der Waals surface area contributed by atoms with Crippen molar-refractivity contribution in [2.45, 2.75) is 19.4 Å². The molecule has 2 heterocycles. The van der Waals surface area contributed by atoms with E-state index in [9.17, 15) is 14.7 Å². The van der Waals surface area contributed by atoms with Crippen LogP contribution in [0, 0.1) is 6.92 Å². The summed E-state index contributed by atoms with van der Waals surface area (Å²) >= 11 is 0. The van der Waals surface area contributed by atoms with Gasteiger partial charge in [-0.3, -0.25) is 9.59 Å². The highest BCUT2D eigenvalue weighted by Crippen LogP contribution is 2.43. The maximum absolute atomic E-state index is 13.3. The number of benzene rings is 2. The van der Waals surface area contributed by atoms with Gasteiger partial charge < -0.3 is 24.0 Å². The molecular formula is C26H28N2O5. The van der Waals surface area contributed by atoms with Crippen LogP contribution >= 0.6 is 0 Å². The van der Waals surface area contributed by atoms with E-state index in [0.29, 0.717) is 30.9 Å². The standard InChI is InChI=1S/C26H28N2O5/c1-16-10-11-21(33-4)18(14-16)24(29)22-23(28(12-7-13-32-3)26(31)25(22)30)19-15-27(2)20-9-6-5-8-17(19)20/h5-6,8-11,14-15,23,29H,7,12-13H2,1-4H3/b24-22+. The number of nitrogens with zero attached hydrogens (tertiary/aromatic N) is 2. The van der Waals surface area contributed by atoms with Gasteiger partial charge in [0.05, 0.1) is 24.3 Å². The molecule has 1 aromatic heterocycles. The quantitative estimate of drug-likeness (QED) is 0.256. The predicted octanol–water partition coefficient (Wildman–Crippen LogP) is 3.95. The molecule has 0 radical (unpaired) electrons. The molecule has 172 valence electrons. The Kier molecular flexibility index (Phi) is 6.24. The monoisotopic (exact) mass is 448 g/mol. The minimum atomic E-state index is -0.724. The van der Waals surface area contributed by atoms with E-state index in [1.165, 1.54) is 12.0 Å². The number of methoxy groups -OCH3 is 2. The number of rotatable bonds is 7. The van der Waals surface area contributed by atoms with Crippen LogP contribution in [0.2, 0.25) is 0 Å². The molecule has 0 saturated carbocycles. The van der Waals surface area contributed by atoms with Gasteiger partial charge in [0.25, 0.3) is 11.7 Å². The molecule has 1 fully saturated rings. The molecule has 7 heteroatoms. The number of aliphatic hydroxyl groups is 1. The van der Waals surface area contributed by atoms with E-state index in [1.807, 2.05) is 55.1 Å². The summed E-state index contributed by atoms with van der Waals surface area (Å²) in [6.07, 6.45) is 2.49. The summed E-state index contributed by atoms with van der Waals surface area (Å²) in [5.74, 6) is -1.13. The number of aromatic nitrogens is 1. The Hall–Kier alpha value is -3.58. The van der Waals surface area contributed by atoms with Crippen molar-refractivity contribution in [1.29, 1.82) is 0 Å². The first kappa shape index (κ1) is 22.6. The van der Waals surface area contributed by atoms with Crippen LogP contribution in [0.3, 0.4) is 0 Å². The predicted molar refractivity (Wildman–Crippen MR) is 126 cm³/mol. The Labute approximate surface area is 192 Å². The zero-order valence-corrected chi connectivity index (χ0v) is 19.3. The van der Waals surface area contributed by atoms with Gasteiger partial charge in [-0.1, -0.05) is 29.8 Å². The van der Waals surface area contributed by atoms with E-state index >= 15 is 0 Å². The molecule has 1 aliphatic heterocycles. The largest absolute Gasteiger partial charge is 0.507 e. The molecule has 7 nitrogen and oxygen atoms in total. The van der Waals surface area contributed by atoms with Crippen molar-refractivity contribution in [3.05, 3.63) is 70.9 Å². The van der Waals surface area contributed by atoms with Crippen molar-refractivity contribution in [2.24, 2.45) is 7.05 Å². The Morgan fingerprint density at radius 3 is 2.61 bits per heavy atom. The summed E-state index contributed by atoms with van der Waals surface area (Å²) < 4.78 is 12.6. The molecule has 1 unspecified atom stereocenters. The second-order valence-electron chi connectivity index (χ2n) is 8.26. The van der Waals surface area contributed by atoms with Crippen LogP contribution in [-0.2, 0) is 21.4 Å². The fourth-order valence-corrected chi connectivity index (χ4v) is 4.56. The van der Waals surface area contributed by atoms with E-state index in [4.69, 9.17) is 9.47 Å². The van der Waals surface area contributed by atoms with Crippen LogP contribution in [-0.4, -0.2) is 53.6 Å². The van der Waals surface area contributed by atoms with Crippen LogP contribution in [0.15, 0.2) is 54.2 Å². The number of ketones is 1. The van der Waals surface area contributed by atoms with Gasteiger partial charge in [-0.2, -0.15) is 0 Å². The van der Waals surface area contributed by atoms with Crippen molar-refractivity contribution in [3.63, 3.8) is 0 Å². The number of fused-ring (bicyclic) bond motifs is 1. The summed E-state index contributed by atoms with van der Waals surface area (Å²) in [7, 11) is 5.03. The number of aliphatic hydroxyl groups excluding tert-OH is 1. The lowest BCUT2D eigenvalue weighted by Crippen LogP contribution is -2.31. The number of amides is 1. The summed E-state index contributed by atoms with van der Waals surface area (Å²) in [5, 5.41) is 12.3. The maximum Gasteiger partial charge on any atom is 0.295 e. The molecule has 1 saturated heterocycles. The highest BCUT2D eigenvalue weighted by atomic mass is 16.5. The summed E-state index contributed by atoms with van der Waals surface area (Å²) in [6.45, 7) is 2.67. The van der Waals surface area contributed by atoms with Crippen LogP contribution in [0.1, 0.15) is 29.2 Å². The molecule has 0 bridgehead atoms. The second-order valence-corrected chi connectivity index (χ2v) is 8.26. The lowest BCUT2D eigenvalue weighted by Gasteiger charge is -2.25. The van der Waals surface area contributed by atoms with Gasteiger partial charge >= 0.3 is 0 Å². The Bertz CT molecular complexity index is 1260. The average Bonchev–Trinajstić information content (AvgIpc) is 3.27. The lowest BCUT2D eigenvalue weighted by atomic mass is 9.94. The van der Waals surface area contributed by atoms with E-state index < -0.39 is 17.7 Å². The molecule has 0 aliphatic carbocycles. The van der Waals surface area contributed by atoms with Gasteiger partial charge in [0, 0.05) is 50.0 Å². The molecule has 3 aromatic rings. The molecule has 1 amide bonds. The lowest BCUT2D eigenvalue weighted by molar-refractivity contribution is -0.140. The fourth-order valence-electron chi connectivity index (χ4n) is 4.56. The average molecular weight is 449 g/mol. The van der Waals surface area contributed by atoms with Crippen LogP contribution in [0.5, 0.6) is 5.75 Å². The third-order valence-corrected chi connectivity index (χ3v) is 6.12. The van der Waals surface area contributed by atoms with Crippen molar-refractivity contribution in [2.75, 3.05) is 27.4 Å². The highest BCUT2D eigenvalue weighted by Gasteiger charge is 2.47. The number of Topliss-reactive ketones (excluding diaryl/α,β-unsaturated/α-hetero) is 1. The van der Waals surface area contributed by atoms with Gasteiger partial charge in [0.15, 0.2) is 0 Å². The SMILES string of the molecule is COCCCN1C(=O)C(=O)/C(=C(/O)c2cc(C)ccc2OC)C1c1cn(C)c2ccccc12. The third kappa shape index (κ3) is 3.89. The normalized spacial score (nSPS) is 17.8. The van der Waals surface area contributed by atoms with Crippen molar-refractivity contribution < 1.29 is 24.2 Å². The van der Waals surface area contributed by atoms with Gasteiger partial charge in [0.2, 0.25) is 0 Å². The van der Waals surface area contributed by atoms with Crippen LogP contribution in [0.25, 0.3) is 16.7 Å². The first-order valence-electron chi connectivity index (χ1n) is 10.8. The number of ether oxygens (including phenoxy) is 2. The molecule has 1 N–H and O–H groups in total. The van der Waals surface area contributed by atoms with Gasteiger partial charge in [-0.05, 0) is 31.5 Å². The number of hydrogen-bond acceptors (Lipinski definition) is 5. The third-order valence-electron chi connectivity index (χ3n) is 6.12. The van der Waals surface area contributed by atoms with E-state index in [-0.39, 0.29) is 11.3 Å². The second kappa shape index (κ2) is 9.11. The maximum atomic E-state index is 13.3. The Morgan fingerprint density at radius 2 is 1.88 bits per heavy atom. The van der Waals surface area contributed by atoms with Gasteiger partial charge in [-0.25, -0.2) is 0 Å². The minimum absolute atomic E-state index is 0.0673. The Balaban J connectivity index is 1.96. The minimum Gasteiger partial charge on any atom is -0.507 e. The van der Waals surface area contributed by atoms with E-state index in [2.05, 4.69) is 0 Å². The number of hydrogen-bond donors (Lipinski definition) is 1. The number of likely N-dealkylation sites (tertiary alicyclic amines) is 1. The number of aryl methyl sites for hydroxylation is 2. The Morgan fingerprint density at radius 1 is 1.12 bits per heavy atom. The van der Waals surface area contributed by atoms with Crippen molar-refractivity contribution >= 4 is 28.4 Å². The van der Waals surface area contributed by atoms with Crippen molar-refractivity contribution in [1.82, 2.24) is 9.47 Å². The molecule has 1 atom stereocenters. The number of para-hydroxylation sites is 1. The molecular weight excluding hydrogens is 420 g/mol. The van der Waals surface area contributed by atoms with Crippen molar-refractivity contribution in [3.8, 4) is 5.75 Å². The smallest absolute Gasteiger partial charge is 0.295 e. The first-order valence-corrected chi connectivity index (χ1v) is 10.8. The van der Waals surface area contributed by atoms with Crippen LogP contribution in [0.4, 0.5) is 0 Å². The summed E-state index contributed by atoms with van der Waals surface area (Å²) in [5.41, 5.74) is 3.12. The number of carbonyl (C=O) groups is 2. The van der Waals surface area contributed by atoms with Gasteiger partial charge in [0.1, 0.15) is 11.5 Å². The van der Waals surface area contributed by atoms with E-state index in [1.54, 1.807) is 19.2 Å². The highest BCUT2D eigenvalue weighted by molar-refractivity contribution is 6.46. The molecule has 1 aliphatic rings. The fraction of sp³-hybridized carbons (Fsp3) is 0.308. The molecule has 4 rings (SSSR count). The zero-order chi connectivity index (χ0) is 23.7. The molecule has 2 aromatic carbocycles. The summed E-state index contributed by atoms with van der Waals surface area (Å²) in [4.78, 5) is 28.0.